The average Bonchev–Trinajstić information content (AvgIpc) is 2.50. The van der Waals surface area contributed by atoms with Gasteiger partial charge in [-0.25, -0.2) is 17.5 Å². The van der Waals surface area contributed by atoms with Crippen LogP contribution in [0, 0.1) is 0 Å². The van der Waals surface area contributed by atoms with Crippen molar-refractivity contribution in [3.63, 3.8) is 0 Å². The van der Waals surface area contributed by atoms with Gasteiger partial charge < -0.3 is 10.1 Å². The van der Waals surface area contributed by atoms with E-state index in [1.807, 2.05) is 0 Å². The number of ether oxygens (including phenoxy) is 1. The van der Waals surface area contributed by atoms with Crippen molar-refractivity contribution >= 4 is 27.7 Å². The van der Waals surface area contributed by atoms with Crippen LogP contribution in [0.4, 0.5) is 4.79 Å². The fourth-order valence-electron chi connectivity index (χ4n) is 2.39. The molecule has 0 radical (unpaired) electrons. The van der Waals surface area contributed by atoms with Crippen LogP contribution in [0.15, 0.2) is 24.3 Å². The summed E-state index contributed by atoms with van der Waals surface area (Å²) in [5.41, 5.74) is 0.708. The lowest BCUT2D eigenvalue weighted by molar-refractivity contribution is 0.161. The Morgan fingerprint density at radius 1 is 1.32 bits per heavy atom. The number of amides is 1. The number of hydrogen-bond acceptors (Lipinski definition) is 4. The van der Waals surface area contributed by atoms with Crippen molar-refractivity contribution in [2.45, 2.75) is 24.6 Å². The average molecular weight is 347 g/mol. The number of piperidine rings is 1. The minimum absolute atomic E-state index is 0.0424. The molecule has 1 aliphatic rings. The minimum atomic E-state index is -3.36. The van der Waals surface area contributed by atoms with Crippen molar-refractivity contribution in [1.29, 1.82) is 0 Å². The summed E-state index contributed by atoms with van der Waals surface area (Å²) in [4.78, 5) is 11.2. The Balaban J connectivity index is 1.92. The molecule has 0 atom stereocenters. The summed E-state index contributed by atoms with van der Waals surface area (Å²) < 4.78 is 30.8. The normalized spacial score (nSPS) is 17.2. The summed E-state index contributed by atoms with van der Waals surface area (Å²) >= 11 is 5.80. The number of carbonyl (C=O) groups is 1. The molecule has 1 heterocycles. The van der Waals surface area contributed by atoms with Gasteiger partial charge in [-0.1, -0.05) is 23.7 Å². The molecule has 1 aliphatic heterocycles. The summed E-state index contributed by atoms with van der Waals surface area (Å²) in [5, 5.41) is 3.28. The molecule has 1 aromatic rings. The smallest absolute Gasteiger partial charge is 0.407 e. The summed E-state index contributed by atoms with van der Waals surface area (Å²) in [5.74, 6) is -0.0424. The Hall–Kier alpha value is -1.31. The van der Waals surface area contributed by atoms with Crippen LogP contribution in [-0.2, 0) is 20.5 Å². The molecule has 2 rings (SSSR count). The van der Waals surface area contributed by atoms with Crippen molar-refractivity contribution in [1.82, 2.24) is 9.62 Å². The highest BCUT2D eigenvalue weighted by Gasteiger charge is 2.28. The van der Waals surface area contributed by atoms with Gasteiger partial charge in [0.2, 0.25) is 10.0 Å². The van der Waals surface area contributed by atoms with E-state index >= 15 is 0 Å². The van der Waals surface area contributed by atoms with E-state index in [1.165, 1.54) is 11.4 Å². The van der Waals surface area contributed by atoms with Crippen LogP contribution in [0.25, 0.3) is 0 Å². The van der Waals surface area contributed by atoms with Crippen LogP contribution in [-0.4, -0.2) is 45.1 Å². The maximum absolute atomic E-state index is 12.4. The van der Waals surface area contributed by atoms with Crippen LogP contribution in [0.1, 0.15) is 18.4 Å². The van der Waals surface area contributed by atoms with Gasteiger partial charge in [-0.3, -0.25) is 0 Å². The van der Waals surface area contributed by atoms with Gasteiger partial charge in [-0.2, -0.15) is 0 Å². The largest absolute Gasteiger partial charge is 0.453 e. The molecule has 0 unspecified atom stereocenters. The summed E-state index contributed by atoms with van der Waals surface area (Å²) in [6, 6.07) is 6.74. The van der Waals surface area contributed by atoms with E-state index in [0.29, 0.717) is 36.5 Å². The second kappa shape index (κ2) is 7.30. The van der Waals surface area contributed by atoms with E-state index in [4.69, 9.17) is 11.6 Å². The molecule has 1 amide bonds. The fraction of sp³-hybridized carbons (Fsp3) is 0.500. The second-order valence-corrected chi connectivity index (χ2v) is 7.60. The van der Waals surface area contributed by atoms with Crippen molar-refractivity contribution in [3.05, 3.63) is 34.9 Å². The Morgan fingerprint density at radius 3 is 2.45 bits per heavy atom. The molecule has 1 N–H and O–H groups in total. The van der Waals surface area contributed by atoms with E-state index < -0.39 is 16.1 Å². The first-order valence-corrected chi connectivity index (χ1v) is 8.96. The minimum Gasteiger partial charge on any atom is -0.453 e. The summed E-state index contributed by atoms with van der Waals surface area (Å²) in [6.07, 6.45) is 0.673. The number of methoxy groups -OCH3 is 1. The number of rotatable bonds is 4. The number of hydrogen-bond donors (Lipinski definition) is 1. The molecule has 1 fully saturated rings. The van der Waals surface area contributed by atoms with Crippen LogP contribution < -0.4 is 5.32 Å². The standard InChI is InChI=1S/C14H19ClN2O4S/c1-21-14(18)16-13-6-8-17(9-7-13)22(19,20)10-11-2-4-12(15)5-3-11/h2-5,13H,6-10H2,1H3,(H,16,18). The maximum atomic E-state index is 12.4. The van der Waals surface area contributed by atoms with Crippen LogP contribution >= 0.6 is 11.6 Å². The SMILES string of the molecule is COC(=O)NC1CCN(S(=O)(=O)Cc2ccc(Cl)cc2)CC1. The highest BCUT2D eigenvalue weighted by atomic mass is 35.5. The first-order chi connectivity index (χ1) is 10.4. The monoisotopic (exact) mass is 346 g/mol. The predicted octanol–water partition coefficient (Wildman–Crippen LogP) is 1.99. The van der Waals surface area contributed by atoms with Gasteiger partial charge in [0.15, 0.2) is 0 Å². The maximum Gasteiger partial charge on any atom is 0.407 e. The molecule has 22 heavy (non-hydrogen) atoms. The molecule has 122 valence electrons. The molecule has 0 bridgehead atoms. The van der Waals surface area contributed by atoms with Gasteiger partial charge in [0.05, 0.1) is 12.9 Å². The highest BCUT2D eigenvalue weighted by molar-refractivity contribution is 7.88. The van der Waals surface area contributed by atoms with E-state index in [1.54, 1.807) is 24.3 Å². The first-order valence-electron chi connectivity index (χ1n) is 6.97. The third-order valence-corrected chi connectivity index (χ3v) is 5.72. The number of alkyl carbamates (subject to hydrolysis) is 1. The number of halogens is 1. The van der Waals surface area contributed by atoms with E-state index in [0.717, 1.165) is 0 Å². The van der Waals surface area contributed by atoms with Crippen LogP contribution in [0.3, 0.4) is 0 Å². The molecule has 0 spiro atoms. The third-order valence-electron chi connectivity index (χ3n) is 3.62. The lowest BCUT2D eigenvalue weighted by Crippen LogP contribution is -2.46. The van der Waals surface area contributed by atoms with Gasteiger partial charge in [0.1, 0.15) is 0 Å². The topological polar surface area (TPSA) is 75.7 Å². The number of sulfonamides is 1. The molecular weight excluding hydrogens is 328 g/mol. The van der Waals surface area contributed by atoms with Crippen LogP contribution in [0.5, 0.6) is 0 Å². The molecule has 1 saturated heterocycles. The van der Waals surface area contributed by atoms with Gasteiger partial charge in [-0.05, 0) is 30.5 Å². The highest BCUT2D eigenvalue weighted by Crippen LogP contribution is 2.19. The van der Waals surface area contributed by atoms with Crippen LogP contribution in [0.2, 0.25) is 5.02 Å². The van der Waals surface area contributed by atoms with E-state index in [9.17, 15) is 13.2 Å². The summed E-state index contributed by atoms with van der Waals surface area (Å²) in [7, 11) is -2.05. The number of nitrogens with one attached hydrogen (secondary N) is 1. The van der Waals surface area contributed by atoms with Crippen molar-refractivity contribution < 1.29 is 17.9 Å². The molecule has 6 nitrogen and oxygen atoms in total. The van der Waals surface area contributed by atoms with Gasteiger partial charge in [0, 0.05) is 24.2 Å². The molecule has 8 heteroatoms. The first kappa shape index (κ1) is 17.1. The lowest BCUT2D eigenvalue weighted by Gasteiger charge is -2.31. The third kappa shape index (κ3) is 4.59. The van der Waals surface area contributed by atoms with Gasteiger partial charge in [-0.15, -0.1) is 0 Å². The molecule has 0 aliphatic carbocycles. The second-order valence-electron chi connectivity index (χ2n) is 5.19. The molecule has 0 saturated carbocycles. The number of benzene rings is 1. The molecular formula is C14H19ClN2O4S. The van der Waals surface area contributed by atoms with E-state index in [-0.39, 0.29) is 11.8 Å². The quantitative estimate of drug-likeness (QED) is 0.904. The van der Waals surface area contributed by atoms with Gasteiger partial charge >= 0.3 is 6.09 Å². The van der Waals surface area contributed by atoms with E-state index in [2.05, 4.69) is 10.1 Å². The zero-order chi connectivity index (χ0) is 16.2. The predicted molar refractivity (Wildman–Crippen MR) is 84.2 cm³/mol. The Labute approximate surface area is 135 Å². The molecule has 0 aromatic heterocycles. The van der Waals surface area contributed by atoms with Gasteiger partial charge in [0.25, 0.3) is 0 Å². The zero-order valence-corrected chi connectivity index (χ0v) is 13.9. The number of nitrogens with zero attached hydrogens (tertiary/aromatic N) is 1. The number of carbonyl (C=O) groups excluding carboxylic acids is 1. The van der Waals surface area contributed by atoms with Crippen molar-refractivity contribution in [2.75, 3.05) is 20.2 Å². The van der Waals surface area contributed by atoms with Crippen molar-refractivity contribution in [2.24, 2.45) is 0 Å². The Morgan fingerprint density at radius 2 is 1.91 bits per heavy atom. The lowest BCUT2D eigenvalue weighted by atomic mass is 10.1. The Bertz CT molecular complexity index is 610. The zero-order valence-electron chi connectivity index (χ0n) is 12.3. The fourth-order valence-corrected chi connectivity index (χ4v) is 4.08. The molecule has 1 aromatic carbocycles. The summed E-state index contributed by atoms with van der Waals surface area (Å²) in [6.45, 7) is 0.787. The Kier molecular flexibility index (Phi) is 5.66. The van der Waals surface area contributed by atoms with Crippen molar-refractivity contribution in [3.8, 4) is 0 Å².